The van der Waals surface area contributed by atoms with Gasteiger partial charge < -0.3 is 0 Å². The van der Waals surface area contributed by atoms with E-state index >= 15 is 0 Å². The summed E-state index contributed by atoms with van der Waals surface area (Å²) in [4.78, 5) is 0.0688. The van der Waals surface area contributed by atoms with Gasteiger partial charge in [-0.2, -0.15) is 0 Å². The largest absolute Gasteiger partial charge is 0.277 e. The Kier molecular flexibility index (Phi) is 3.54. The molecule has 2 aromatic rings. The van der Waals surface area contributed by atoms with Gasteiger partial charge in [-0.3, -0.25) is 4.72 Å². The highest BCUT2D eigenvalue weighted by Gasteiger charge is 2.15. The van der Waals surface area contributed by atoms with Gasteiger partial charge in [0.05, 0.1) is 10.6 Å². The van der Waals surface area contributed by atoms with E-state index in [4.69, 9.17) is 11.6 Å². The monoisotopic (exact) mass is 285 g/mol. The third kappa shape index (κ3) is 2.80. The molecule has 3 nitrogen and oxygen atoms in total. The van der Waals surface area contributed by atoms with E-state index in [0.717, 1.165) is 6.07 Å². The molecule has 0 aliphatic rings. The van der Waals surface area contributed by atoms with E-state index in [0.29, 0.717) is 0 Å². The van der Waals surface area contributed by atoms with Crippen molar-refractivity contribution in [3.05, 3.63) is 59.4 Å². The van der Waals surface area contributed by atoms with Crippen molar-refractivity contribution in [3.8, 4) is 0 Å². The van der Waals surface area contributed by atoms with E-state index in [-0.39, 0.29) is 15.6 Å². The van der Waals surface area contributed by atoms with Crippen LogP contribution < -0.4 is 4.72 Å². The first-order valence-corrected chi connectivity index (χ1v) is 6.88. The molecule has 0 fully saturated rings. The van der Waals surface area contributed by atoms with Gasteiger partial charge in [-0.25, -0.2) is 12.8 Å². The second kappa shape index (κ2) is 4.96. The highest BCUT2D eigenvalue weighted by Crippen LogP contribution is 2.22. The van der Waals surface area contributed by atoms with E-state index in [1.807, 2.05) is 0 Å². The molecule has 2 aromatic carbocycles. The van der Waals surface area contributed by atoms with Crippen LogP contribution in [-0.2, 0) is 10.0 Å². The summed E-state index contributed by atoms with van der Waals surface area (Å²) in [5.41, 5.74) is -0.136. The first kappa shape index (κ1) is 12.9. The van der Waals surface area contributed by atoms with Crippen molar-refractivity contribution in [2.75, 3.05) is 4.72 Å². The first-order valence-electron chi connectivity index (χ1n) is 5.02. The Morgan fingerprint density at radius 1 is 1.06 bits per heavy atom. The second-order valence-corrected chi connectivity index (χ2v) is 5.66. The SMILES string of the molecule is O=S(=O)(Nc1ccc(Cl)cc1F)c1ccccc1. The molecule has 0 saturated heterocycles. The summed E-state index contributed by atoms with van der Waals surface area (Å²) >= 11 is 5.59. The molecule has 0 atom stereocenters. The topological polar surface area (TPSA) is 46.2 Å². The second-order valence-electron chi connectivity index (χ2n) is 3.54. The number of hydrogen-bond acceptors (Lipinski definition) is 2. The van der Waals surface area contributed by atoms with Gasteiger partial charge in [0, 0.05) is 5.02 Å². The van der Waals surface area contributed by atoms with E-state index in [9.17, 15) is 12.8 Å². The van der Waals surface area contributed by atoms with E-state index in [1.54, 1.807) is 18.2 Å². The molecule has 0 heterocycles. The van der Waals surface area contributed by atoms with Gasteiger partial charge >= 0.3 is 0 Å². The van der Waals surface area contributed by atoms with Crippen LogP contribution in [0, 0.1) is 5.82 Å². The van der Waals surface area contributed by atoms with Gasteiger partial charge in [-0.05, 0) is 30.3 Å². The summed E-state index contributed by atoms with van der Waals surface area (Å²) in [7, 11) is -3.78. The van der Waals surface area contributed by atoms with Crippen molar-refractivity contribution in [1.82, 2.24) is 0 Å². The van der Waals surface area contributed by atoms with Crippen LogP contribution in [-0.4, -0.2) is 8.42 Å². The summed E-state index contributed by atoms with van der Waals surface area (Å²) in [6, 6.07) is 11.5. The lowest BCUT2D eigenvalue weighted by Gasteiger charge is -2.08. The van der Waals surface area contributed by atoms with Crippen LogP contribution in [0.2, 0.25) is 5.02 Å². The first-order chi connectivity index (χ1) is 8.49. The van der Waals surface area contributed by atoms with E-state index < -0.39 is 15.8 Å². The highest BCUT2D eigenvalue weighted by atomic mass is 35.5. The van der Waals surface area contributed by atoms with Crippen molar-refractivity contribution >= 4 is 27.3 Å². The molecule has 0 bridgehead atoms. The lowest BCUT2D eigenvalue weighted by molar-refractivity contribution is 0.598. The fourth-order valence-corrected chi connectivity index (χ4v) is 2.62. The number of halogens is 2. The number of rotatable bonds is 3. The van der Waals surface area contributed by atoms with Crippen LogP contribution in [0.3, 0.4) is 0 Å². The Labute approximate surface area is 109 Å². The number of benzene rings is 2. The molecule has 0 aromatic heterocycles. The third-order valence-corrected chi connectivity index (χ3v) is 3.85. The van der Waals surface area contributed by atoms with Crippen LogP contribution >= 0.6 is 11.6 Å². The maximum Gasteiger partial charge on any atom is 0.261 e. The Morgan fingerprint density at radius 3 is 2.33 bits per heavy atom. The Morgan fingerprint density at radius 2 is 1.72 bits per heavy atom. The van der Waals surface area contributed by atoms with Crippen LogP contribution in [0.1, 0.15) is 0 Å². The molecule has 94 valence electrons. The molecule has 0 saturated carbocycles. The van der Waals surface area contributed by atoms with Crippen LogP contribution in [0.4, 0.5) is 10.1 Å². The van der Waals surface area contributed by atoms with Crippen LogP contribution in [0.5, 0.6) is 0 Å². The number of anilines is 1. The summed E-state index contributed by atoms with van der Waals surface area (Å²) < 4.78 is 39.5. The molecule has 0 aliphatic carbocycles. The fraction of sp³-hybridized carbons (Fsp3) is 0. The molecule has 0 unspecified atom stereocenters. The number of nitrogens with one attached hydrogen (secondary N) is 1. The average Bonchev–Trinajstić information content (AvgIpc) is 2.34. The average molecular weight is 286 g/mol. The molecule has 6 heteroatoms. The molecular weight excluding hydrogens is 277 g/mol. The maximum atomic E-state index is 13.5. The normalized spacial score (nSPS) is 11.2. The lowest BCUT2D eigenvalue weighted by Crippen LogP contribution is -2.13. The standard InChI is InChI=1S/C12H9ClFNO2S/c13-9-6-7-12(11(14)8-9)15-18(16,17)10-4-2-1-3-5-10/h1-8,15H. The van der Waals surface area contributed by atoms with Crippen molar-refractivity contribution < 1.29 is 12.8 Å². The number of hydrogen-bond donors (Lipinski definition) is 1. The molecule has 0 spiro atoms. The summed E-state index contributed by atoms with van der Waals surface area (Å²) in [5.74, 6) is -0.720. The van der Waals surface area contributed by atoms with Gasteiger partial charge in [0.1, 0.15) is 5.82 Å². The molecule has 0 aliphatic heterocycles. The third-order valence-electron chi connectivity index (χ3n) is 2.23. The van der Waals surface area contributed by atoms with Crippen molar-refractivity contribution in [1.29, 1.82) is 0 Å². The molecule has 2 rings (SSSR count). The minimum atomic E-state index is -3.78. The zero-order valence-corrected chi connectivity index (χ0v) is 10.7. The molecule has 0 amide bonds. The molecule has 18 heavy (non-hydrogen) atoms. The zero-order valence-electron chi connectivity index (χ0n) is 9.10. The van der Waals surface area contributed by atoms with E-state index in [2.05, 4.69) is 4.72 Å². The quantitative estimate of drug-likeness (QED) is 0.941. The predicted octanol–water partition coefficient (Wildman–Crippen LogP) is 3.28. The maximum absolute atomic E-state index is 13.5. The van der Waals surface area contributed by atoms with E-state index in [1.165, 1.54) is 24.3 Å². The van der Waals surface area contributed by atoms with Crippen molar-refractivity contribution in [2.24, 2.45) is 0 Å². The summed E-state index contributed by atoms with van der Waals surface area (Å²) in [6.45, 7) is 0. The van der Waals surface area contributed by atoms with Gasteiger partial charge in [-0.1, -0.05) is 29.8 Å². The smallest absolute Gasteiger partial charge is 0.261 e. The lowest BCUT2D eigenvalue weighted by atomic mass is 10.3. The minimum absolute atomic E-state index is 0.0688. The fourth-order valence-electron chi connectivity index (χ4n) is 1.38. The predicted molar refractivity (Wildman–Crippen MR) is 68.7 cm³/mol. The summed E-state index contributed by atoms with van der Waals surface area (Å²) in [6.07, 6.45) is 0. The van der Waals surface area contributed by atoms with Gasteiger partial charge in [0.25, 0.3) is 10.0 Å². The zero-order chi connectivity index (χ0) is 13.2. The van der Waals surface area contributed by atoms with Crippen LogP contribution in [0.15, 0.2) is 53.4 Å². The Balaban J connectivity index is 2.34. The highest BCUT2D eigenvalue weighted by molar-refractivity contribution is 7.92. The Hall–Kier alpha value is -1.59. The van der Waals surface area contributed by atoms with Gasteiger partial charge in [-0.15, -0.1) is 0 Å². The van der Waals surface area contributed by atoms with Gasteiger partial charge in [0.2, 0.25) is 0 Å². The van der Waals surface area contributed by atoms with Crippen molar-refractivity contribution in [3.63, 3.8) is 0 Å². The van der Waals surface area contributed by atoms with Crippen LogP contribution in [0.25, 0.3) is 0 Å². The minimum Gasteiger partial charge on any atom is -0.277 e. The van der Waals surface area contributed by atoms with Gasteiger partial charge in [0.15, 0.2) is 0 Å². The molecule has 0 radical (unpaired) electrons. The number of sulfonamides is 1. The Bertz CT molecular complexity index is 659. The molecule has 1 N–H and O–H groups in total. The summed E-state index contributed by atoms with van der Waals surface area (Å²) in [5, 5.41) is 0.204. The molecular formula is C12H9ClFNO2S. The van der Waals surface area contributed by atoms with Crippen molar-refractivity contribution in [2.45, 2.75) is 4.90 Å².